The van der Waals surface area contributed by atoms with E-state index in [1.54, 1.807) is 4.90 Å². The molecule has 0 bridgehead atoms. The molecule has 30 heavy (non-hydrogen) atoms. The molecule has 0 saturated heterocycles. The van der Waals surface area contributed by atoms with E-state index in [1.807, 2.05) is 34.9 Å². The number of rotatable bonds is 7. The summed E-state index contributed by atoms with van der Waals surface area (Å²) in [4.78, 5) is 18.8. The fourth-order valence-corrected chi connectivity index (χ4v) is 4.86. The van der Waals surface area contributed by atoms with E-state index in [0.29, 0.717) is 6.54 Å². The molecule has 0 aromatic carbocycles. The summed E-state index contributed by atoms with van der Waals surface area (Å²) in [5.41, 5.74) is 2.13. The van der Waals surface area contributed by atoms with E-state index in [-0.39, 0.29) is 11.5 Å². The first-order valence-electron chi connectivity index (χ1n) is 11.3. The van der Waals surface area contributed by atoms with Gasteiger partial charge in [0.1, 0.15) is 17.0 Å². The van der Waals surface area contributed by atoms with Crippen LogP contribution in [0.1, 0.15) is 74.1 Å². The first kappa shape index (κ1) is 24.2. The molecule has 0 radical (unpaired) electrons. The first-order chi connectivity index (χ1) is 14.0. The van der Waals surface area contributed by atoms with E-state index in [2.05, 4.69) is 50.9 Å². The lowest BCUT2D eigenvalue weighted by Gasteiger charge is -2.58. The molecule has 168 valence electrons. The molecule has 0 spiro atoms. The molecule has 1 atom stereocenters. The zero-order valence-corrected chi connectivity index (χ0v) is 20.4. The van der Waals surface area contributed by atoms with Crippen LogP contribution < -0.4 is 0 Å². The Hall–Kier alpha value is -2.04. The highest BCUT2D eigenvalue weighted by atomic mass is 16.6. The Labute approximate surface area is 182 Å². The minimum atomic E-state index is -0.514. The molecule has 1 heterocycles. The van der Waals surface area contributed by atoms with Gasteiger partial charge in [-0.15, -0.1) is 0 Å². The van der Waals surface area contributed by atoms with Crippen molar-refractivity contribution in [1.29, 1.82) is 0 Å². The highest BCUT2D eigenvalue weighted by molar-refractivity contribution is 6.13. The van der Waals surface area contributed by atoms with Crippen molar-refractivity contribution in [3.63, 3.8) is 0 Å². The molecule has 1 aliphatic carbocycles. The van der Waals surface area contributed by atoms with Gasteiger partial charge in [0.25, 0.3) is 0 Å². The monoisotopic (exact) mass is 416 g/mol. The third-order valence-electron chi connectivity index (χ3n) is 6.49. The first-order valence-corrected chi connectivity index (χ1v) is 11.3. The van der Waals surface area contributed by atoms with Gasteiger partial charge in [-0.05, 0) is 58.6 Å². The largest absolute Gasteiger partial charge is 0.481 e. The van der Waals surface area contributed by atoms with Gasteiger partial charge < -0.3 is 14.4 Å². The molecule has 5 heteroatoms. The Morgan fingerprint density at radius 2 is 1.83 bits per heavy atom. The third-order valence-corrected chi connectivity index (χ3v) is 6.49. The molecular weight excluding hydrogens is 376 g/mol. The summed E-state index contributed by atoms with van der Waals surface area (Å²) in [5, 5.41) is 0. The molecule has 2 aliphatic rings. The van der Waals surface area contributed by atoms with Gasteiger partial charge in [-0.1, -0.05) is 33.8 Å². The SMILES string of the molecule is CC/C=C1\C(=NC)C=CC2=C1OC2(CC)C(CC)(CC)CN(C)C(=O)OC(C)(C)C. The van der Waals surface area contributed by atoms with Crippen LogP contribution in [-0.2, 0) is 9.47 Å². The molecule has 0 aromatic heterocycles. The van der Waals surface area contributed by atoms with Crippen molar-refractivity contribution >= 4 is 11.8 Å². The van der Waals surface area contributed by atoms with E-state index in [1.165, 1.54) is 5.57 Å². The van der Waals surface area contributed by atoms with Gasteiger partial charge in [0.05, 0.1) is 5.71 Å². The number of allylic oxidation sites excluding steroid dienone is 3. The van der Waals surface area contributed by atoms with Gasteiger partial charge in [0.15, 0.2) is 0 Å². The molecule has 1 amide bonds. The van der Waals surface area contributed by atoms with E-state index in [0.717, 1.165) is 42.7 Å². The lowest BCUT2D eigenvalue weighted by Crippen LogP contribution is -2.61. The second-order valence-corrected chi connectivity index (χ2v) is 9.32. The maximum Gasteiger partial charge on any atom is 0.410 e. The molecular formula is C25H40N2O3. The Balaban J connectivity index is 2.45. The second kappa shape index (κ2) is 8.99. The van der Waals surface area contributed by atoms with E-state index < -0.39 is 11.2 Å². The summed E-state index contributed by atoms with van der Waals surface area (Å²) >= 11 is 0. The Kier molecular flexibility index (Phi) is 7.26. The number of hydrogen-bond acceptors (Lipinski definition) is 4. The number of amides is 1. The van der Waals surface area contributed by atoms with Gasteiger partial charge in [0, 0.05) is 37.2 Å². The average Bonchev–Trinajstić information content (AvgIpc) is 2.67. The lowest BCUT2D eigenvalue weighted by atomic mass is 9.59. The van der Waals surface area contributed by atoms with Gasteiger partial charge >= 0.3 is 6.09 Å². The minimum absolute atomic E-state index is 0.214. The Morgan fingerprint density at radius 3 is 2.30 bits per heavy atom. The van der Waals surface area contributed by atoms with E-state index >= 15 is 0 Å². The number of ether oxygens (including phenoxy) is 2. The average molecular weight is 417 g/mol. The topological polar surface area (TPSA) is 51.1 Å². The summed E-state index contributed by atoms with van der Waals surface area (Å²) in [5.74, 6) is 0.952. The summed E-state index contributed by atoms with van der Waals surface area (Å²) < 4.78 is 12.3. The number of carbonyl (C=O) groups excluding carboxylic acids is 1. The quantitative estimate of drug-likeness (QED) is 0.506. The number of aliphatic imine (C=N–C) groups is 1. The fourth-order valence-electron chi connectivity index (χ4n) is 4.86. The van der Waals surface area contributed by atoms with Crippen molar-refractivity contribution in [2.24, 2.45) is 10.4 Å². The molecule has 1 unspecified atom stereocenters. The number of carbonyl (C=O) groups is 1. The molecule has 0 N–H and O–H groups in total. The zero-order valence-electron chi connectivity index (χ0n) is 20.4. The highest BCUT2D eigenvalue weighted by Gasteiger charge is 2.60. The third kappa shape index (κ3) is 4.08. The molecule has 0 saturated carbocycles. The van der Waals surface area contributed by atoms with Crippen LogP contribution in [0.25, 0.3) is 0 Å². The van der Waals surface area contributed by atoms with Gasteiger partial charge in [-0.3, -0.25) is 4.99 Å². The van der Waals surface area contributed by atoms with Crippen molar-refractivity contribution in [3.8, 4) is 0 Å². The molecule has 0 aromatic rings. The van der Waals surface area contributed by atoms with Crippen LogP contribution in [0.5, 0.6) is 0 Å². The maximum atomic E-state index is 12.7. The Bertz CT molecular complexity index is 779. The van der Waals surface area contributed by atoms with Crippen LogP contribution in [0.15, 0.2) is 40.1 Å². The summed E-state index contributed by atoms with van der Waals surface area (Å²) in [6.07, 6.45) is 9.74. The van der Waals surface area contributed by atoms with Crippen molar-refractivity contribution in [2.75, 3.05) is 20.6 Å². The van der Waals surface area contributed by atoms with E-state index in [9.17, 15) is 4.79 Å². The van der Waals surface area contributed by atoms with Crippen molar-refractivity contribution in [3.05, 3.63) is 35.1 Å². The van der Waals surface area contributed by atoms with Crippen LogP contribution in [0.3, 0.4) is 0 Å². The summed E-state index contributed by atoms with van der Waals surface area (Å²) in [6, 6.07) is 0. The number of nitrogens with zero attached hydrogens (tertiary/aromatic N) is 2. The number of hydrogen-bond donors (Lipinski definition) is 0. The van der Waals surface area contributed by atoms with Gasteiger partial charge in [-0.2, -0.15) is 0 Å². The van der Waals surface area contributed by atoms with Crippen LogP contribution >= 0.6 is 0 Å². The van der Waals surface area contributed by atoms with Crippen LogP contribution in [0, 0.1) is 5.41 Å². The van der Waals surface area contributed by atoms with Crippen LogP contribution in [0.4, 0.5) is 4.79 Å². The second-order valence-electron chi connectivity index (χ2n) is 9.32. The summed E-state index contributed by atoms with van der Waals surface area (Å²) in [7, 11) is 3.64. The van der Waals surface area contributed by atoms with Gasteiger partial charge in [0.2, 0.25) is 0 Å². The standard InChI is InChI=1S/C25H40N2O3/c1-10-14-18-20(26-8)16-15-19-21(18)29-25(19,13-4)24(11-2,12-3)17-27(9)22(28)30-23(5,6)7/h14-16H,10-13,17H2,1-9H3/b18-14+,26-20?. The predicted molar refractivity (Wildman–Crippen MR) is 124 cm³/mol. The van der Waals surface area contributed by atoms with E-state index in [4.69, 9.17) is 9.47 Å². The van der Waals surface area contributed by atoms with Crippen molar-refractivity contribution in [1.82, 2.24) is 4.90 Å². The maximum absolute atomic E-state index is 12.7. The fraction of sp³-hybridized carbons (Fsp3) is 0.680. The van der Waals surface area contributed by atoms with Gasteiger partial charge in [-0.25, -0.2) is 4.79 Å². The predicted octanol–water partition coefficient (Wildman–Crippen LogP) is 6.07. The van der Waals surface area contributed by atoms with Crippen molar-refractivity contribution < 1.29 is 14.3 Å². The molecule has 5 nitrogen and oxygen atoms in total. The molecule has 2 rings (SSSR count). The smallest absolute Gasteiger partial charge is 0.410 e. The lowest BCUT2D eigenvalue weighted by molar-refractivity contribution is -0.127. The molecule has 0 fully saturated rings. The van der Waals surface area contributed by atoms with Crippen LogP contribution in [-0.4, -0.2) is 48.5 Å². The highest BCUT2D eigenvalue weighted by Crippen LogP contribution is 2.58. The van der Waals surface area contributed by atoms with Crippen LogP contribution in [0.2, 0.25) is 0 Å². The van der Waals surface area contributed by atoms with Crippen molar-refractivity contribution in [2.45, 2.75) is 85.4 Å². The Morgan fingerprint density at radius 1 is 1.20 bits per heavy atom. The minimum Gasteiger partial charge on any atom is -0.481 e. The normalized spacial score (nSPS) is 23.9. The zero-order chi connectivity index (χ0) is 22.7. The summed E-state index contributed by atoms with van der Waals surface area (Å²) in [6.45, 7) is 15.0. The molecule has 1 aliphatic heterocycles.